The highest BCUT2D eigenvalue weighted by Crippen LogP contribution is 2.40. The molecule has 8 nitrogen and oxygen atoms in total. The van der Waals surface area contributed by atoms with Gasteiger partial charge in [-0.25, -0.2) is 4.98 Å². The number of amides is 2. The van der Waals surface area contributed by atoms with Gasteiger partial charge in [-0.05, 0) is 42.2 Å². The number of benzene rings is 2. The maximum Gasteiger partial charge on any atom is 0.276 e. The van der Waals surface area contributed by atoms with Crippen LogP contribution in [0.25, 0.3) is 10.2 Å². The van der Waals surface area contributed by atoms with Gasteiger partial charge in [-0.15, -0.1) is 0 Å². The summed E-state index contributed by atoms with van der Waals surface area (Å²) in [6, 6.07) is 11.3. The lowest BCUT2D eigenvalue weighted by molar-refractivity contribution is -0.129. The Morgan fingerprint density at radius 3 is 2.74 bits per heavy atom. The van der Waals surface area contributed by atoms with Crippen molar-refractivity contribution in [2.45, 2.75) is 26.2 Å². The van der Waals surface area contributed by atoms with Crippen LogP contribution in [0.2, 0.25) is 0 Å². The number of hydrogen-bond donors (Lipinski definition) is 3. The van der Waals surface area contributed by atoms with E-state index in [0.717, 1.165) is 21.3 Å². The number of anilines is 1. The molecule has 160 valence electrons. The van der Waals surface area contributed by atoms with Crippen molar-refractivity contribution in [1.82, 2.24) is 15.8 Å². The Balaban J connectivity index is 1.25. The van der Waals surface area contributed by atoms with E-state index in [2.05, 4.69) is 21.2 Å². The minimum Gasteiger partial charge on any atom is -0.483 e. The third kappa shape index (κ3) is 4.51. The van der Waals surface area contributed by atoms with E-state index >= 15 is 0 Å². The van der Waals surface area contributed by atoms with Gasteiger partial charge < -0.3 is 10.1 Å². The molecule has 31 heavy (non-hydrogen) atoms. The first-order valence-electron chi connectivity index (χ1n) is 9.89. The van der Waals surface area contributed by atoms with Gasteiger partial charge in [0.05, 0.1) is 22.3 Å². The molecule has 4 rings (SSSR count). The number of hydrazine groups is 1. The average molecular weight is 439 g/mol. The molecule has 0 bridgehead atoms. The number of carbonyl (C=O) groups is 3. The molecule has 0 spiro atoms. The number of rotatable bonds is 6. The summed E-state index contributed by atoms with van der Waals surface area (Å²) < 4.78 is 6.59. The Morgan fingerprint density at radius 1 is 1.16 bits per heavy atom. The van der Waals surface area contributed by atoms with Crippen LogP contribution < -0.4 is 20.9 Å². The van der Waals surface area contributed by atoms with Crippen LogP contribution in [-0.4, -0.2) is 35.7 Å². The highest BCUT2D eigenvalue weighted by molar-refractivity contribution is 7.22. The standard InChI is InChI=1S/C22H22N4O4S/c1-12-7-8-16(21-15(27)9-13(2)20(12)21)30-11-19(29)26-25-18(28)10-23-22-24-14-5-3-4-6-17(14)31-22/h3-8,13H,9-11H2,1-2H3,(H,23,24)(H,25,28)(H,26,29)/t13-/m0/s1. The van der Waals surface area contributed by atoms with Crippen molar-refractivity contribution in [3.63, 3.8) is 0 Å². The minimum absolute atomic E-state index is 0.0239. The molecule has 1 aromatic heterocycles. The summed E-state index contributed by atoms with van der Waals surface area (Å²) in [6.07, 6.45) is 0.445. The van der Waals surface area contributed by atoms with Crippen LogP contribution in [0, 0.1) is 6.92 Å². The number of fused-ring (bicyclic) bond motifs is 2. The average Bonchev–Trinajstić information content (AvgIpc) is 3.31. The van der Waals surface area contributed by atoms with Crippen molar-refractivity contribution < 1.29 is 19.1 Å². The van der Waals surface area contributed by atoms with Crippen molar-refractivity contribution in [1.29, 1.82) is 0 Å². The predicted molar refractivity (Wildman–Crippen MR) is 118 cm³/mol. The first kappa shape index (κ1) is 20.8. The van der Waals surface area contributed by atoms with E-state index in [-0.39, 0.29) is 24.9 Å². The highest BCUT2D eigenvalue weighted by Gasteiger charge is 2.31. The van der Waals surface area contributed by atoms with Gasteiger partial charge in [-0.3, -0.25) is 25.2 Å². The molecule has 3 aromatic rings. The monoisotopic (exact) mass is 438 g/mol. The van der Waals surface area contributed by atoms with Gasteiger partial charge >= 0.3 is 0 Å². The molecule has 0 aliphatic heterocycles. The summed E-state index contributed by atoms with van der Waals surface area (Å²) in [6.45, 7) is 3.61. The summed E-state index contributed by atoms with van der Waals surface area (Å²) in [4.78, 5) is 40.7. The number of hydrogen-bond acceptors (Lipinski definition) is 7. The lowest BCUT2D eigenvalue weighted by atomic mass is 9.97. The van der Waals surface area contributed by atoms with Crippen LogP contribution in [0.1, 0.15) is 40.7 Å². The van der Waals surface area contributed by atoms with Crippen LogP contribution in [0.15, 0.2) is 36.4 Å². The Hall–Kier alpha value is -3.46. The zero-order chi connectivity index (χ0) is 22.0. The van der Waals surface area contributed by atoms with E-state index in [1.54, 1.807) is 6.07 Å². The normalized spacial score (nSPS) is 14.9. The van der Waals surface area contributed by atoms with E-state index in [0.29, 0.717) is 22.9 Å². The van der Waals surface area contributed by atoms with Crippen molar-refractivity contribution in [3.8, 4) is 5.75 Å². The van der Waals surface area contributed by atoms with Gasteiger partial charge in [-0.1, -0.05) is 36.5 Å². The van der Waals surface area contributed by atoms with E-state index in [9.17, 15) is 14.4 Å². The second-order valence-electron chi connectivity index (χ2n) is 7.42. The molecule has 0 radical (unpaired) electrons. The maximum absolute atomic E-state index is 12.3. The van der Waals surface area contributed by atoms with Crippen molar-refractivity contribution in [2.24, 2.45) is 0 Å². The van der Waals surface area contributed by atoms with Gasteiger partial charge in [0, 0.05) is 6.42 Å². The lowest BCUT2D eigenvalue weighted by Crippen LogP contribution is -2.46. The summed E-state index contributed by atoms with van der Waals surface area (Å²) in [5.41, 5.74) is 8.08. The number of Topliss-reactive ketones (excluding diaryl/α,β-unsaturated/α-hetero) is 1. The van der Waals surface area contributed by atoms with Crippen molar-refractivity contribution in [3.05, 3.63) is 53.1 Å². The summed E-state index contributed by atoms with van der Waals surface area (Å²) in [5, 5.41) is 3.56. The van der Waals surface area contributed by atoms with Crippen LogP contribution >= 0.6 is 11.3 Å². The SMILES string of the molecule is Cc1ccc(OCC(=O)NNC(=O)CNc2nc3ccccc3s2)c2c1[C@@H](C)CC2=O. The van der Waals surface area contributed by atoms with Crippen molar-refractivity contribution >= 4 is 44.3 Å². The fraction of sp³-hybridized carbons (Fsp3) is 0.273. The second kappa shape index (κ2) is 8.73. The Kier molecular flexibility index (Phi) is 5.85. The van der Waals surface area contributed by atoms with Crippen LogP contribution in [0.5, 0.6) is 5.75 Å². The number of thiazole rings is 1. The van der Waals surface area contributed by atoms with E-state index in [1.807, 2.05) is 44.2 Å². The zero-order valence-corrected chi connectivity index (χ0v) is 18.0. The molecule has 2 aromatic carbocycles. The molecule has 1 heterocycles. The first-order chi connectivity index (χ1) is 14.9. The molecule has 0 unspecified atom stereocenters. The number of ketones is 1. The summed E-state index contributed by atoms with van der Waals surface area (Å²) in [5.74, 6) is -0.388. The quantitative estimate of drug-likeness (QED) is 0.511. The number of nitrogens with one attached hydrogen (secondary N) is 3. The Labute approximate surface area is 183 Å². The van der Waals surface area contributed by atoms with Crippen molar-refractivity contribution in [2.75, 3.05) is 18.5 Å². The predicted octanol–water partition coefficient (Wildman–Crippen LogP) is 2.93. The van der Waals surface area contributed by atoms with E-state index < -0.39 is 11.8 Å². The molecular formula is C22H22N4O4S. The Morgan fingerprint density at radius 2 is 1.94 bits per heavy atom. The zero-order valence-electron chi connectivity index (χ0n) is 17.2. The molecule has 0 fully saturated rings. The number of aromatic nitrogens is 1. The van der Waals surface area contributed by atoms with Gasteiger partial charge in [0.15, 0.2) is 17.5 Å². The molecule has 1 atom stereocenters. The highest BCUT2D eigenvalue weighted by atomic mass is 32.1. The molecular weight excluding hydrogens is 416 g/mol. The third-order valence-corrected chi connectivity index (χ3v) is 6.08. The number of para-hydroxylation sites is 1. The topological polar surface area (TPSA) is 109 Å². The molecule has 1 aliphatic carbocycles. The largest absolute Gasteiger partial charge is 0.483 e. The molecule has 3 N–H and O–H groups in total. The molecule has 1 aliphatic rings. The lowest BCUT2D eigenvalue weighted by Gasteiger charge is -2.13. The second-order valence-corrected chi connectivity index (χ2v) is 8.45. The summed E-state index contributed by atoms with van der Waals surface area (Å²) in [7, 11) is 0. The molecule has 2 amide bonds. The maximum atomic E-state index is 12.3. The summed E-state index contributed by atoms with van der Waals surface area (Å²) >= 11 is 1.44. The van der Waals surface area contributed by atoms with Crippen LogP contribution in [0.4, 0.5) is 5.13 Å². The van der Waals surface area contributed by atoms with Gasteiger partial charge in [0.2, 0.25) is 0 Å². The Bertz CT molecular complexity index is 1140. The number of nitrogens with zero attached hydrogens (tertiary/aromatic N) is 1. The van der Waals surface area contributed by atoms with E-state index in [1.165, 1.54) is 11.3 Å². The molecule has 0 saturated carbocycles. The van der Waals surface area contributed by atoms with Gasteiger partial charge in [0.1, 0.15) is 5.75 Å². The molecule has 9 heteroatoms. The molecule has 0 saturated heterocycles. The minimum atomic E-state index is -0.527. The number of carbonyl (C=O) groups excluding carboxylic acids is 3. The number of aryl methyl sites for hydroxylation is 1. The fourth-order valence-electron chi connectivity index (χ4n) is 3.70. The van der Waals surface area contributed by atoms with Crippen LogP contribution in [-0.2, 0) is 9.59 Å². The third-order valence-electron chi connectivity index (χ3n) is 5.08. The van der Waals surface area contributed by atoms with Gasteiger partial charge in [0.25, 0.3) is 11.8 Å². The number of ether oxygens (including phenoxy) is 1. The fourth-order valence-corrected chi connectivity index (χ4v) is 4.56. The smallest absolute Gasteiger partial charge is 0.276 e. The van der Waals surface area contributed by atoms with Crippen LogP contribution in [0.3, 0.4) is 0 Å². The van der Waals surface area contributed by atoms with E-state index in [4.69, 9.17) is 4.74 Å². The van der Waals surface area contributed by atoms with Gasteiger partial charge in [-0.2, -0.15) is 0 Å². The first-order valence-corrected chi connectivity index (χ1v) is 10.7.